The molecule has 0 spiro atoms. The van der Waals surface area contributed by atoms with Gasteiger partial charge in [0.05, 0.1) is 12.7 Å². The van der Waals surface area contributed by atoms with Crippen LogP contribution in [0.2, 0.25) is 0 Å². The molecular formula is C19H31ClN2O4. The summed E-state index contributed by atoms with van der Waals surface area (Å²) < 4.78 is 16.9. The van der Waals surface area contributed by atoms with E-state index < -0.39 is 0 Å². The number of carbonyl (C=O) groups excluding carboxylic acids is 1. The number of hydrogen-bond acceptors (Lipinski definition) is 5. The molecule has 1 aliphatic heterocycles. The van der Waals surface area contributed by atoms with E-state index in [2.05, 4.69) is 6.92 Å². The molecule has 0 bridgehead atoms. The molecule has 2 N–H and O–H groups in total. The van der Waals surface area contributed by atoms with Crippen LogP contribution < -0.4 is 15.2 Å². The minimum atomic E-state index is 0. The van der Waals surface area contributed by atoms with Crippen LogP contribution in [0.15, 0.2) is 24.3 Å². The van der Waals surface area contributed by atoms with Gasteiger partial charge in [0.1, 0.15) is 11.5 Å². The fourth-order valence-corrected chi connectivity index (χ4v) is 2.69. The van der Waals surface area contributed by atoms with Crippen LogP contribution in [0.3, 0.4) is 0 Å². The minimum Gasteiger partial charge on any atom is -0.494 e. The van der Waals surface area contributed by atoms with Crippen molar-refractivity contribution in [1.29, 1.82) is 0 Å². The maximum atomic E-state index is 12.3. The van der Waals surface area contributed by atoms with Crippen LogP contribution >= 0.6 is 12.4 Å². The molecule has 1 fully saturated rings. The maximum Gasteiger partial charge on any atom is 0.260 e. The smallest absolute Gasteiger partial charge is 0.260 e. The third-order valence-electron chi connectivity index (χ3n) is 4.16. The SMILES string of the molecule is CCCOc1ccc(OCC(=O)N2CCC(OCCCN)CC2)cc1.Cl. The van der Waals surface area contributed by atoms with Gasteiger partial charge >= 0.3 is 0 Å². The third-order valence-corrected chi connectivity index (χ3v) is 4.16. The number of benzene rings is 1. The molecule has 1 saturated heterocycles. The molecule has 6 nitrogen and oxygen atoms in total. The number of carbonyl (C=O) groups is 1. The first kappa shape index (κ1) is 22.5. The second-order valence-electron chi connectivity index (χ2n) is 6.20. The van der Waals surface area contributed by atoms with E-state index in [1.54, 1.807) is 0 Å². The number of rotatable bonds is 10. The van der Waals surface area contributed by atoms with Gasteiger partial charge in [-0.05, 0) is 56.5 Å². The zero-order valence-corrected chi connectivity index (χ0v) is 16.3. The van der Waals surface area contributed by atoms with Crippen molar-refractivity contribution in [2.24, 2.45) is 5.73 Å². The van der Waals surface area contributed by atoms with Crippen molar-refractivity contribution in [2.75, 3.05) is 39.5 Å². The number of piperidine rings is 1. The Morgan fingerprint density at radius 2 is 1.73 bits per heavy atom. The van der Waals surface area contributed by atoms with E-state index in [0.29, 0.717) is 25.5 Å². The average molecular weight is 387 g/mol. The summed E-state index contributed by atoms with van der Waals surface area (Å²) in [6.07, 6.45) is 3.85. The van der Waals surface area contributed by atoms with E-state index in [1.165, 1.54) is 0 Å². The average Bonchev–Trinajstić information content (AvgIpc) is 2.66. The van der Waals surface area contributed by atoms with Gasteiger partial charge < -0.3 is 24.8 Å². The van der Waals surface area contributed by atoms with E-state index in [4.69, 9.17) is 19.9 Å². The van der Waals surface area contributed by atoms with Gasteiger partial charge in [0.15, 0.2) is 6.61 Å². The van der Waals surface area contributed by atoms with Gasteiger partial charge in [-0.2, -0.15) is 0 Å². The molecule has 1 heterocycles. The van der Waals surface area contributed by atoms with Crippen LogP contribution in [0.25, 0.3) is 0 Å². The Balaban J connectivity index is 0.00000338. The van der Waals surface area contributed by atoms with E-state index in [9.17, 15) is 4.79 Å². The lowest BCUT2D eigenvalue weighted by atomic mass is 10.1. The van der Waals surface area contributed by atoms with Crippen molar-refractivity contribution in [3.05, 3.63) is 24.3 Å². The van der Waals surface area contributed by atoms with Gasteiger partial charge in [0.2, 0.25) is 0 Å². The van der Waals surface area contributed by atoms with E-state index >= 15 is 0 Å². The second-order valence-corrected chi connectivity index (χ2v) is 6.20. The molecule has 26 heavy (non-hydrogen) atoms. The number of nitrogens with two attached hydrogens (primary N) is 1. The zero-order chi connectivity index (χ0) is 17.9. The van der Waals surface area contributed by atoms with Gasteiger partial charge in [-0.25, -0.2) is 0 Å². The first-order valence-corrected chi connectivity index (χ1v) is 9.18. The van der Waals surface area contributed by atoms with Gasteiger partial charge in [-0.1, -0.05) is 6.92 Å². The zero-order valence-electron chi connectivity index (χ0n) is 15.5. The van der Waals surface area contributed by atoms with Crippen molar-refractivity contribution < 1.29 is 19.0 Å². The topological polar surface area (TPSA) is 74.0 Å². The van der Waals surface area contributed by atoms with Crippen LogP contribution in [0, 0.1) is 0 Å². The highest BCUT2D eigenvalue weighted by Gasteiger charge is 2.23. The van der Waals surface area contributed by atoms with Crippen molar-refractivity contribution in [3.63, 3.8) is 0 Å². The summed E-state index contributed by atoms with van der Waals surface area (Å²) in [5.74, 6) is 1.51. The summed E-state index contributed by atoms with van der Waals surface area (Å²) in [4.78, 5) is 14.1. The number of hydrogen-bond donors (Lipinski definition) is 1. The van der Waals surface area contributed by atoms with Crippen LogP contribution in [-0.4, -0.2) is 56.4 Å². The van der Waals surface area contributed by atoms with Crippen molar-refractivity contribution in [2.45, 2.75) is 38.7 Å². The van der Waals surface area contributed by atoms with E-state index in [-0.39, 0.29) is 31.0 Å². The van der Waals surface area contributed by atoms with Crippen LogP contribution in [0.5, 0.6) is 11.5 Å². The van der Waals surface area contributed by atoms with Crippen LogP contribution in [-0.2, 0) is 9.53 Å². The van der Waals surface area contributed by atoms with Crippen molar-refractivity contribution in [1.82, 2.24) is 4.90 Å². The lowest BCUT2D eigenvalue weighted by Gasteiger charge is -2.31. The lowest BCUT2D eigenvalue weighted by molar-refractivity contribution is -0.136. The highest BCUT2D eigenvalue weighted by Crippen LogP contribution is 2.18. The molecule has 148 valence electrons. The fraction of sp³-hybridized carbons (Fsp3) is 0.632. The molecule has 7 heteroatoms. The maximum absolute atomic E-state index is 12.3. The Morgan fingerprint density at radius 1 is 1.12 bits per heavy atom. The van der Waals surface area contributed by atoms with Crippen molar-refractivity contribution >= 4 is 18.3 Å². The monoisotopic (exact) mass is 386 g/mol. The van der Waals surface area contributed by atoms with E-state index in [1.807, 2.05) is 29.2 Å². The first-order valence-electron chi connectivity index (χ1n) is 9.18. The molecule has 0 saturated carbocycles. The lowest BCUT2D eigenvalue weighted by Crippen LogP contribution is -2.43. The highest BCUT2D eigenvalue weighted by molar-refractivity contribution is 5.85. The molecule has 0 atom stereocenters. The van der Waals surface area contributed by atoms with Crippen LogP contribution in [0.1, 0.15) is 32.6 Å². The Kier molecular flexibility index (Phi) is 11.1. The summed E-state index contributed by atoms with van der Waals surface area (Å²) in [7, 11) is 0. The largest absolute Gasteiger partial charge is 0.494 e. The van der Waals surface area contributed by atoms with Gasteiger partial charge in [0, 0.05) is 19.7 Å². The molecule has 2 rings (SSSR count). The molecule has 0 radical (unpaired) electrons. The summed E-state index contributed by atoms with van der Waals surface area (Å²) >= 11 is 0. The Hall–Kier alpha value is -1.50. The minimum absolute atomic E-state index is 0. The molecule has 1 amide bonds. The van der Waals surface area contributed by atoms with Gasteiger partial charge in [-0.15, -0.1) is 12.4 Å². The molecule has 0 aliphatic carbocycles. The number of halogens is 1. The molecule has 1 aromatic rings. The Morgan fingerprint density at radius 3 is 2.31 bits per heavy atom. The fourth-order valence-electron chi connectivity index (χ4n) is 2.69. The predicted octanol–water partition coefficient (Wildman–Crippen LogP) is 2.63. The summed E-state index contributed by atoms with van der Waals surface area (Å²) in [5.41, 5.74) is 5.46. The second kappa shape index (κ2) is 12.8. The van der Waals surface area contributed by atoms with Gasteiger partial charge in [0.25, 0.3) is 5.91 Å². The molecule has 0 aromatic heterocycles. The first-order chi connectivity index (χ1) is 12.2. The number of amides is 1. The number of ether oxygens (including phenoxy) is 3. The van der Waals surface area contributed by atoms with Gasteiger partial charge in [-0.3, -0.25) is 4.79 Å². The highest BCUT2D eigenvalue weighted by atomic mass is 35.5. The molecule has 1 aliphatic rings. The normalized spacial score (nSPS) is 14.6. The molecule has 1 aromatic carbocycles. The third kappa shape index (κ3) is 7.81. The number of nitrogens with zero attached hydrogens (tertiary/aromatic N) is 1. The van der Waals surface area contributed by atoms with E-state index in [0.717, 1.165) is 44.5 Å². The molecular weight excluding hydrogens is 356 g/mol. The summed E-state index contributed by atoms with van der Waals surface area (Å²) in [6.45, 7) is 5.63. The predicted molar refractivity (Wildman–Crippen MR) is 104 cm³/mol. The summed E-state index contributed by atoms with van der Waals surface area (Å²) in [5, 5.41) is 0. The number of likely N-dealkylation sites (tertiary alicyclic amines) is 1. The van der Waals surface area contributed by atoms with Crippen LogP contribution in [0.4, 0.5) is 0 Å². The molecule has 0 unspecified atom stereocenters. The summed E-state index contributed by atoms with van der Waals surface area (Å²) in [6, 6.07) is 7.38. The quantitative estimate of drug-likeness (QED) is 0.626. The Bertz CT molecular complexity index is 505. The standard InChI is InChI=1S/C19H30N2O4.ClH/c1-2-13-23-16-4-6-17(7-5-16)25-15-19(22)21-11-8-18(9-12-21)24-14-3-10-20;/h4-7,18H,2-3,8-15,20H2,1H3;1H. The Labute approximate surface area is 162 Å². The van der Waals surface area contributed by atoms with Crippen molar-refractivity contribution in [3.8, 4) is 11.5 Å².